The Morgan fingerprint density at radius 1 is 1.39 bits per heavy atom. The van der Waals surface area contributed by atoms with Crippen LogP contribution in [0.3, 0.4) is 0 Å². The number of amides is 2. The molecular formula is C15H19F3N2O3. The summed E-state index contributed by atoms with van der Waals surface area (Å²) in [4.78, 5) is 11.7. The van der Waals surface area contributed by atoms with E-state index < -0.39 is 12.4 Å². The predicted octanol–water partition coefficient (Wildman–Crippen LogP) is 3.52. The zero-order valence-corrected chi connectivity index (χ0v) is 12.5. The van der Waals surface area contributed by atoms with Crippen molar-refractivity contribution in [3.8, 4) is 5.75 Å². The Morgan fingerprint density at radius 3 is 2.91 bits per heavy atom. The molecule has 1 aromatic rings. The van der Waals surface area contributed by atoms with Gasteiger partial charge in [-0.25, -0.2) is 4.79 Å². The van der Waals surface area contributed by atoms with Gasteiger partial charge in [0.15, 0.2) is 0 Å². The van der Waals surface area contributed by atoms with Gasteiger partial charge in [-0.05, 0) is 37.3 Å². The van der Waals surface area contributed by atoms with Crippen molar-refractivity contribution in [1.29, 1.82) is 0 Å². The number of hydrogen-bond donors (Lipinski definition) is 2. The lowest BCUT2D eigenvalue weighted by atomic mass is 10.0. The molecule has 1 unspecified atom stereocenters. The van der Waals surface area contributed by atoms with Crippen LogP contribution in [0.15, 0.2) is 24.3 Å². The number of halogens is 3. The number of alkyl halides is 3. The summed E-state index contributed by atoms with van der Waals surface area (Å²) < 4.78 is 45.5. The summed E-state index contributed by atoms with van der Waals surface area (Å²) in [6, 6.07) is 4.68. The fraction of sp³-hybridized carbons (Fsp3) is 0.533. The molecule has 128 valence electrons. The van der Waals surface area contributed by atoms with Crippen LogP contribution in [0.2, 0.25) is 0 Å². The van der Waals surface area contributed by atoms with Crippen LogP contribution in [0.1, 0.15) is 19.3 Å². The van der Waals surface area contributed by atoms with Crippen molar-refractivity contribution < 1.29 is 27.4 Å². The lowest BCUT2D eigenvalue weighted by Gasteiger charge is -2.12. The van der Waals surface area contributed by atoms with Crippen LogP contribution in [0.4, 0.5) is 23.7 Å². The first-order chi connectivity index (χ1) is 10.9. The second-order valence-corrected chi connectivity index (χ2v) is 5.33. The summed E-state index contributed by atoms with van der Waals surface area (Å²) >= 11 is 0. The SMILES string of the molecule is O=C(NCCCC1CCOC1)Nc1cccc(OC(F)(F)F)c1. The van der Waals surface area contributed by atoms with E-state index in [9.17, 15) is 18.0 Å². The molecule has 1 heterocycles. The van der Waals surface area contributed by atoms with Gasteiger partial charge in [-0.3, -0.25) is 0 Å². The number of ether oxygens (including phenoxy) is 2. The van der Waals surface area contributed by atoms with Crippen molar-refractivity contribution in [2.24, 2.45) is 5.92 Å². The second-order valence-electron chi connectivity index (χ2n) is 5.33. The summed E-state index contributed by atoms with van der Waals surface area (Å²) in [6.45, 7) is 2.08. The molecule has 0 spiro atoms. The first kappa shape index (κ1) is 17.4. The average molecular weight is 332 g/mol. The smallest absolute Gasteiger partial charge is 0.406 e. The molecule has 1 saturated heterocycles. The number of anilines is 1. The summed E-state index contributed by atoms with van der Waals surface area (Å²) in [7, 11) is 0. The van der Waals surface area contributed by atoms with Crippen molar-refractivity contribution in [2.45, 2.75) is 25.6 Å². The number of carbonyl (C=O) groups is 1. The molecule has 8 heteroatoms. The van der Waals surface area contributed by atoms with Crippen LogP contribution in [-0.4, -0.2) is 32.2 Å². The normalized spacial score (nSPS) is 17.8. The van der Waals surface area contributed by atoms with Crippen LogP contribution < -0.4 is 15.4 Å². The topological polar surface area (TPSA) is 59.6 Å². The van der Waals surface area contributed by atoms with E-state index in [1.165, 1.54) is 18.2 Å². The molecule has 2 amide bonds. The van der Waals surface area contributed by atoms with Crippen LogP contribution in [0.5, 0.6) is 5.75 Å². The van der Waals surface area contributed by atoms with Gasteiger partial charge in [0, 0.05) is 31.5 Å². The Bertz CT molecular complexity index is 517. The fourth-order valence-corrected chi connectivity index (χ4v) is 2.35. The van der Waals surface area contributed by atoms with E-state index in [4.69, 9.17) is 4.74 Å². The molecule has 0 saturated carbocycles. The Labute approximate surface area is 132 Å². The molecule has 23 heavy (non-hydrogen) atoms. The van der Waals surface area contributed by atoms with E-state index in [-0.39, 0.29) is 11.4 Å². The van der Waals surface area contributed by atoms with Gasteiger partial charge in [-0.1, -0.05) is 6.07 Å². The minimum absolute atomic E-state index is 0.230. The zero-order valence-electron chi connectivity index (χ0n) is 12.5. The molecule has 1 aliphatic heterocycles. The van der Waals surface area contributed by atoms with Crippen molar-refractivity contribution in [2.75, 3.05) is 25.1 Å². The van der Waals surface area contributed by atoms with E-state index >= 15 is 0 Å². The highest BCUT2D eigenvalue weighted by atomic mass is 19.4. The molecule has 0 aliphatic carbocycles. The number of carbonyl (C=O) groups excluding carboxylic acids is 1. The monoisotopic (exact) mass is 332 g/mol. The van der Waals surface area contributed by atoms with Crippen LogP contribution in [0, 0.1) is 5.92 Å². The molecule has 5 nitrogen and oxygen atoms in total. The molecule has 0 bridgehead atoms. The van der Waals surface area contributed by atoms with Crippen LogP contribution in [0.25, 0.3) is 0 Å². The highest BCUT2D eigenvalue weighted by Crippen LogP contribution is 2.25. The summed E-state index contributed by atoms with van der Waals surface area (Å²) in [5.74, 6) is 0.174. The number of urea groups is 1. The molecule has 1 aliphatic rings. The van der Waals surface area contributed by atoms with Gasteiger partial charge in [-0.15, -0.1) is 13.2 Å². The third-order valence-electron chi connectivity index (χ3n) is 3.42. The highest BCUT2D eigenvalue weighted by molar-refractivity contribution is 5.89. The number of hydrogen-bond acceptors (Lipinski definition) is 3. The van der Waals surface area contributed by atoms with Gasteiger partial charge in [0.25, 0.3) is 0 Å². The van der Waals surface area contributed by atoms with Crippen molar-refractivity contribution in [1.82, 2.24) is 5.32 Å². The van der Waals surface area contributed by atoms with Crippen molar-refractivity contribution >= 4 is 11.7 Å². The third-order valence-corrected chi connectivity index (χ3v) is 3.42. The van der Waals surface area contributed by atoms with Gasteiger partial charge in [0.2, 0.25) is 0 Å². The maximum absolute atomic E-state index is 12.1. The molecule has 1 aromatic carbocycles. The van der Waals surface area contributed by atoms with Crippen molar-refractivity contribution in [3.63, 3.8) is 0 Å². The zero-order chi connectivity index (χ0) is 16.7. The second kappa shape index (κ2) is 8.05. The maximum atomic E-state index is 12.1. The molecule has 1 fully saturated rings. The van der Waals surface area contributed by atoms with Crippen molar-refractivity contribution in [3.05, 3.63) is 24.3 Å². The number of nitrogens with one attached hydrogen (secondary N) is 2. The lowest BCUT2D eigenvalue weighted by Crippen LogP contribution is -2.29. The molecule has 0 radical (unpaired) electrons. The Kier molecular flexibility index (Phi) is 6.09. The lowest BCUT2D eigenvalue weighted by molar-refractivity contribution is -0.274. The summed E-state index contributed by atoms with van der Waals surface area (Å²) in [5, 5.41) is 5.14. The summed E-state index contributed by atoms with van der Waals surface area (Å²) in [6.07, 6.45) is -1.89. The quantitative estimate of drug-likeness (QED) is 0.784. The van der Waals surface area contributed by atoms with E-state index in [0.29, 0.717) is 12.5 Å². The molecular weight excluding hydrogens is 313 g/mol. The molecule has 1 atom stereocenters. The highest BCUT2D eigenvalue weighted by Gasteiger charge is 2.31. The maximum Gasteiger partial charge on any atom is 0.573 e. The van der Waals surface area contributed by atoms with Crippen LogP contribution in [-0.2, 0) is 4.74 Å². The number of rotatable bonds is 6. The standard InChI is InChI=1S/C15H19F3N2O3/c16-15(17,18)23-13-5-1-4-12(9-13)20-14(21)19-7-2-3-11-6-8-22-10-11/h1,4-5,9,11H,2-3,6-8,10H2,(H2,19,20,21). The number of benzene rings is 1. The third kappa shape index (κ3) is 6.77. The Hall–Kier alpha value is -1.96. The van der Waals surface area contributed by atoms with Gasteiger partial charge < -0.3 is 20.1 Å². The van der Waals surface area contributed by atoms with E-state index in [1.807, 2.05) is 0 Å². The Morgan fingerprint density at radius 2 is 2.22 bits per heavy atom. The minimum Gasteiger partial charge on any atom is -0.406 e. The fourth-order valence-electron chi connectivity index (χ4n) is 2.35. The summed E-state index contributed by atoms with van der Waals surface area (Å²) in [5.41, 5.74) is 0.230. The van der Waals surface area contributed by atoms with Gasteiger partial charge in [-0.2, -0.15) is 0 Å². The average Bonchev–Trinajstić information content (AvgIpc) is 2.95. The van der Waals surface area contributed by atoms with Gasteiger partial charge in [0.1, 0.15) is 5.75 Å². The van der Waals surface area contributed by atoms with Crippen LogP contribution >= 0.6 is 0 Å². The largest absolute Gasteiger partial charge is 0.573 e. The van der Waals surface area contributed by atoms with Gasteiger partial charge >= 0.3 is 12.4 Å². The van der Waals surface area contributed by atoms with E-state index in [0.717, 1.165) is 38.5 Å². The Balaban J connectivity index is 1.70. The van der Waals surface area contributed by atoms with Gasteiger partial charge in [0.05, 0.1) is 0 Å². The molecule has 2 N–H and O–H groups in total. The minimum atomic E-state index is -4.76. The van der Waals surface area contributed by atoms with E-state index in [1.54, 1.807) is 0 Å². The molecule has 0 aromatic heterocycles. The first-order valence-electron chi connectivity index (χ1n) is 7.41. The molecule has 2 rings (SSSR count). The van der Waals surface area contributed by atoms with E-state index in [2.05, 4.69) is 15.4 Å². The predicted molar refractivity (Wildman–Crippen MR) is 78.3 cm³/mol. The first-order valence-corrected chi connectivity index (χ1v) is 7.41.